The fourth-order valence-corrected chi connectivity index (χ4v) is 8.22. The molecule has 2 aromatic heterocycles. The minimum atomic E-state index is -1.46. The number of β-lactam (4-membered cyclic amide) rings is 1. The van der Waals surface area contributed by atoms with Gasteiger partial charge in [0.1, 0.15) is 18.0 Å². The summed E-state index contributed by atoms with van der Waals surface area (Å²) in [5.74, 6) is -2.65. The summed E-state index contributed by atoms with van der Waals surface area (Å²) in [6.45, 7) is 4.74. The largest absolute Gasteiger partial charge is 0.543 e. The van der Waals surface area contributed by atoms with Gasteiger partial charge < -0.3 is 30.5 Å². The number of carboxylic acids is 1. The number of nitrogens with one attached hydrogen (secondary N) is 1. The molecule has 3 N–H and O–H groups in total. The average Bonchev–Trinajstić information content (AvgIpc) is 3.60. The van der Waals surface area contributed by atoms with Crippen LogP contribution in [0.4, 0.5) is 5.13 Å². The number of nitrogen functional groups attached to an aromatic ring is 1. The Hall–Kier alpha value is -4.05. The highest BCUT2D eigenvalue weighted by atomic mass is 32.2. The molecule has 16 heteroatoms. The van der Waals surface area contributed by atoms with Crippen molar-refractivity contribution in [2.45, 2.75) is 135 Å². The lowest BCUT2D eigenvalue weighted by molar-refractivity contribution is -0.689. The van der Waals surface area contributed by atoms with Crippen molar-refractivity contribution in [1.29, 1.82) is 0 Å². The smallest absolute Gasteiger partial charge is 0.305 e. The Balaban J connectivity index is 1.14. The maximum Gasteiger partial charge on any atom is 0.305 e. The third kappa shape index (κ3) is 13.1. The van der Waals surface area contributed by atoms with E-state index in [0.717, 1.165) is 41.3 Å². The molecule has 2 aromatic rings. The molecule has 2 aliphatic heterocycles. The third-order valence-corrected chi connectivity index (χ3v) is 11.3. The quantitative estimate of drug-likeness (QED) is 0.0347. The zero-order valence-electron chi connectivity index (χ0n) is 31.6. The number of unbranched alkanes of at least 4 members (excludes halogenated alkanes) is 12. The van der Waals surface area contributed by atoms with Gasteiger partial charge in [0.15, 0.2) is 24.1 Å². The highest BCUT2D eigenvalue weighted by Crippen LogP contribution is 2.40. The van der Waals surface area contributed by atoms with Crippen LogP contribution in [0.3, 0.4) is 0 Å². The van der Waals surface area contributed by atoms with Crippen molar-refractivity contribution >= 4 is 57.9 Å². The second-order valence-corrected chi connectivity index (χ2v) is 15.5. The lowest BCUT2D eigenvalue weighted by Gasteiger charge is -2.50. The summed E-state index contributed by atoms with van der Waals surface area (Å²) in [4.78, 5) is 60.9. The van der Waals surface area contributed by atoms with Crippen LogP contribution in [0, 0.1) is 0 Å². The predicted octanol–water partition coefficient (Wildman–Crippen LogP) is 4.21. The van der Waals surface area contributed by atoms with Crippen molar-refractivity contribution in [3.63, 3.8) is 0 Å². The number of amides is 2. The van der Waals surface area contributed by atoms with E-state index in [0.29, 0.717) is 30.8 Å². The van der Waals surface area contributed by atoms with E-state index >= 15 is 0 Å². The van der Waals surface area contributed by atoms with E-state index in [-0.39, 0.29) is 41.5 Å². The van der Waals surface area contributed by atoms with Gasteiger partial charge in [0.05, 0.1) is 18.3 Å². The molecule has 1 saturated heterocycles. The number of nitrogens with zero attached hydrogens (tertiary/aromatic N) is 5. The maximum atomic E-state index is 13.2. The van der Waals surface area contributed by atoms with E-state index in [1.54, 1.807) is 6.92 Å². The minimum absolute atomic E-state index is 0.0390. The summed E-state index contributed by atoms with van der Waals surface area (Å²) in [5.41, 5.74) is 6.80. The Labute approximate surface area is 326 Å². The number of aliphatic carboxylic acids is 1. The number of fused-ring (bicyclic) bond motifs is 1. The molecule has 0 radical (unpaired) electrons. The standard InChI is InChI=1S/C38H55N7O7S2/c1-3-5-6-7-8-9-10-11-12-13-14-15-16-19-29(46)51-24-17-18-27-20-22-44(23-21-27)25-28-26-53-36-31(35(48)45(36)32(28)37(49)50)40-34(47)30(42-52-4-2)33-41-38(39)54-43-33/h20-23,31,36H,3-19,24-26H2,1-2H3,(H3-,39,40,41,43,47,49,50)/t31?,36-/m0/s1. The molecule has 4 heterocycles. The van der Waals surface area contributed by atoms with Crippen molar-refractivity contribution in [3.8, 4) is 0 Å². The first-order valence-electron chi connectivity index (χ1n) is 19.4. The molecular formula is C38H55N7O7S2. The van der Waals surface area contributed by atoms with Crippen molar-refractivity contribution < 1.29 is 38.4 Å². The molecule has 2 aliphatic rings. The number of oxime groups is 1. The number of nitrogens with two attached hydrogens (primary N) is 1. The number of ether oxygens (including phenoxy) is 1. The van der Waals surface area contributed by atoms with Crippen molar-refractivity contribution in [2.75, 3.05) is 24.7 Å². The average molecular weight is 786 g/mol. The van der Waals surface area contributed by atoms with E-state index in [4.69, 9.17) is 15.3 Å². The van der Waals surface area contributed by atoms with Gasteiger partial charge in [0.25, 0.3) is 11.8 Å². The SMILES string of the molecule is CCCCCCCCCCCCCCCC(=O)OCCCc1cc[n+](CC2=C(C(=O)[O-])N3C(=O)C(NC(=O)C(=NOCC)c4nsc(N)n4)[C@@H]3SC2)cc1. The molecule has 4 rings (SSSR count). The summed E-state index contributed by atoms with van der Waals surface area (Å²) in [5, 5.41) is 18.2. The number of esters is 1. The van der Waals surface area contributed by atoms with Crippen LogP contribution in [-0.4, -0.2) is 74.1 Å². The van der Waals surface area contributed by atoms with Crippen LogP contribution in [-0.2, 0) is 41.7 Å². The van der Waals surface area contributed by atoms with Gasteiger partial charge in [0, 0.05) is 41.4 Å². The van der Waals surface area contributed by atoms with Gasteiger partial charge >= 0.3 is 5.97 Å². The number of anilines is 1. The number of hydrogen-bond acceptors (Lipinski definition) is 13. The number of aryl methyl sites for hydroxylation is 1. The van der Waals surface area contributed by atoms with Crippen LogP contribution in [0.15, 0.2) is 41.0 Å². The summed E-state index contributed by atoms with van der Waals surface area (Å²) < 4.78 is 11.3. The molecular weight excluding hydrogens is 731 g/mol. The highest BCUT2D eigenvalue weighted by Gasteiger charge is 2.53. The van der Waals surface area contributed by atoms with E-state index < -0.39 is 29.2 Å². The van der Waals surface area contributed by atoms with E-state index in [9.17, 15) is 24.3 Å². The first-order chi connectivity index (χ1) is 26.2. The fraction of sp³-hybridized carbons (Fsp3) is 0.632. The molecule has 0 saturated carbocycles. The Morgan fingerprint density at radius 1 is 1.00 bits per heavy atom. The number of aromatic nitrogens is 3. The first kappa shape index (κ1) is 42.7. The van der Waals surface area contributed by atoms with Crippen LogP contribution >= 0.6 is 23.3 Å². The number of carboxylic acid groups (broad SMARTS) is 1. The molecule has 0 bridgehead atoms. The second-order valence-electron chi connectivity index (χ2n) is 13.6. The summed E-state index contributed by atoms with van der Waals surface area (Å²) >= 11 is 2.23. The number of pyridine rings is 1. The van der Waals surface area contributed by atoms with Gasteiger partial charge in [0.2, 0.25) is 11.5 Å². The molecule has 2 amide bonds. The normalized spacial score (nSPS) is 16.9. The maximum absolute atomic E-state index is 13.2. The van der Waals surface area contributed by atoms with Gasteiger partial charge in [-0.15, -0.1) is 11.8 Å². The molecule has 296 valence electrons. The first-order valence-corrected chi connectivity index (χ1v) is 21.2. The molecule has 0 spiro atoms. The number of carbonyl (C=O) groups excluding carboxylic acids is 4. The van der Waals surface area contributed by atoms with Crippen LogP contribution in [0.5, 0.6) is 0 Å². The summed E-state index contributed by atoms with van der Waals surface area (Å²) in [6, 6.07) is 2.90. The minimum Gasteiger partial charge on any atom is -0.543 e. The van der Waals surface area contributed by atoms with Crippen molar-refractivity contribution in [2.24, 2.45) is 5.16 Å². The van der Waals surface area contributed by atoms with Gasteiger partial charge in [-0.2, -0.15) is 9.36 Å². The van der Waals surface area contributed by atoms with E-state index in [1.807, 2.05) is 29.1 Å². The van der Waals surface area contributed by atoms with Crippen LogP contribution < -0.4 is 20.7 Å². The zero-order valence-corrected chi connectivity index (χ0v) is 33.2. The Morgan fingerprint density at radius 3 is 2.24 bits per heavy atom. The third-order valence-electron chi connectivity index (χ3n) is 9.37. The van der Waals surface area contributed by atoms with Gasteiger partial charge in [-0.05, 0) is 31.7 Å². The van der Waals surface area contributed by atoms with Gasteiger partial charge in [-0.25, -0.2) is 4.57 Å². The monoisotopic (exact) mass is 785 g/mol. The molecule has 0 aliphatic carbocycles. The summed E-state index contributed by atoms with van der Waals surface area (Å²) in [6.07, 6.45) is 22.1. The zero-order chi connectivity index (χ0) is 38.7. The highest BCUT2D eigenvalue weighted by molar-refractivity contribution is 8.00. The molecule has 2 atom stereocenters. The van der Waals surface area contributed by atoms with Crippen LogP contribution in [0.1, 0.15) is 122 Å². The molecule has 1 fully saturated rings. The molecule has 14 nitrogen and oxygen atoms in total. The number of thioether (sulfide) groups is 1. The lowest BCUT2D eigenvalue weighted by atomic mass is 10.0. The Bertz CT molecular complexity index is 1600. The predicted molar refractivity (Wildman–Crippen MR) is 206 cm³/mol. The Kier molecular flexibility index (Phi) is 18.2. The van der Waals surface area contributed by atoms with Gasteiger partial charge in [-0.3, -0.25) is 19.3 Å². The second kappa shape index (κ2) is 23.0. The van der Waals surface area contributed by atoms with Crippen molar-refractivity contribution in [1.82, 2.24) is 19.6 Å². The Morgan fingerprint density at radius 2 is 1.65 bits per heavy atom. The van der Waals surface area contributed by atoms with Gasteiger partial charge in [-0.1, -0.05) is 89.1 Å². The lowest BCUT2D eigenvalue weighted by Crippen LogP contribution is -2.71. The number of rotatable bonds is 26. The van der Waals surface area contributed by atoms with E-state index in [1.165, 1.54) is 82.4 Å². The topological polar surface area (TPSA) is 193 Å². The number of carbonyl (C=O) groups is 4. The number of hydrogen-bond donors (Lipinski definition) is 2. The van der Waals surface area contributed by atoms with Crippen LogP contribution in [0.25, 0.3) is 0 Å². The summed E-state index contributed by atoms with van der Waals surface area (Å²) in [7, 11) is 0. The molecule has 1 unspecified atom stereocenters. The van der Waals surface area contributed by atoms with Crippen molar-refractivity contribution in [3.05, 3.63) is 47.2 Å². The fourth-order valence-electron chi connectivity index (χ4n) is 6.45. The van der Waals surface area contributed by atoms with E-state index in [2.05, 4.69) is 26.8 Å². The molecule has 54 heavy (non-hydrogen) atoms. The molecule has 0 aromatic carbocycles. The van der Waals surface area contributed by atoms with Crippen LogP contribution in [0.2, 0.25) is 0 Å².